The second-order valence-corrected chi connectivity index (χ2v) is 4.67. The van der Waals surface area contributed by atoms with Crippen molar-refractivity contribution in [3.63, 3.8) is 0 Å². The lowest BCUT2D eigenvalue weighted by molar-refractivity contribution is 0.452. The largest absolute Gasteiger partial charge is 0.288 e. The monoisotopic (exact) mass is 187 g/mol. The first-order chi connectivity index (χ1) is 6.59. The van der Waals surface area contributed by atoms with Crippen molar-refractivity contribution >= 4 is 5.71 Å². The minimum Gasteiger partial charge on any atom is -0.288 e. The van der Waals surface area contributed by atoms with E-state index >= 15 is 0 Å². The lowest BCUT2D eigenvalue weighted by Crippen LogP contribution is -2.22. The van der Waals surface area contributed by atoms with Crippen LogP contribution in [0, 0.1) is 0 Å². The van der Waals surface area contributed by atoms with Crippen molar-refractivity contribution in [3.8, 4) is 0 Å². The van der Waals surface area contributed by atoms with Gasteiger partial charge in [0, 0.05) is 11.6 Å². The van der Waals surface area contributed by atoms with E-state index in [1.165, 1.54) is 11.3 Å². The van der Waals surface area contributed by atoms with Gasteiger partial charge in [0.25, 0.3) is 0 Å². The van der Waals surface area contributed by atoms with Gasteiger partial charge in [-0.15, -0.1) is 0 Å². The molecule has 1 aromatic carbocycles. The molecule has 0 bridgehead atoms. The molecule has 14 heavy (non-hydrogen) atoms. The molecule has 1 heterocycles. The van der Waals surface area contributed by atoms with Crippen molar-refractivity contribution in [1.82, 2.24) is 0 Å². The summed E-state index contributed by atoms with van der Waals surface area (Å²) >= 11 is 0. The van der Waals surface area contributed by atoms with Gasteiger partial charge in [-0.2, -0.15) is 0 Å². The van der Waals surface area contributed by atoms with Crippen LogP contribution in [-0.4, -0.2) is 11.3 Å². The predicted octanol–water partition coefficient (Wildman–Crippen LogP) is 3.41. The van der Waals surface area contributed by atoms with Crippen LogP contribution in [0.1, 0.15) is 38.7 Å². The highest BCUT2D eigenvalue weighted by molar-refractivity contribution is 5.85. The maximum atomic E-state index is 4.70. The van der Waals surface area contributed by atoms with E-state index in [1.54, 1.807) is 0 Å². The van der Waals surface area contributed by atoms with Crippen LogP contribution < -0.4 is 0 Å². The van der Waals surface area contributed by atoms with Crippen LogP contribution >= 0.6 is 0 Å². The zero-order valence-corrected chi connectivity index (χ0v) is 9.12. The summed E-state index contributed by atoms with van der Waals surface area (Å²) in [6.07, 6.45) is 1.11. The van der Waals surface area contributed by atoms with Gasteiger partial charge in [0.15, 0.2) is 0 Å². The molecule has 1 unspecified atom stereocenters. The van der Waals surface area contributed by atoms with E-state index in [4.69, 9.17) is 4.99 Å². The molecule has 0 amide bonds. The van der Waals surface area contributed by atoms with Crippen molar-refractivity contribution in [1.29, 1.82) is 0 Å². The van der Waals surface area contributed by atoms with Gasteiger partial charge in [-0.25, -0.2) is 0 Å². The van der Waals surface area contributed by atoms with Crippen LogP contribution in [0.25, 0.3) is 0 Å². The zero-order chi connectivity index (χ0) is 10.2. The Balaban J connectivity index is 2.31. The molecule has 1 nitrogen and oxygen atoms in total. The SMILES string of the molecule is CC1=NC(C)(C)C(c2ccccc2)C1. The van der Waals surface area contributed by atoms with E-state index in [1.807, 2.05) is 0 Å². The molecule has 1 aliphatic heterocycles. The summed E-state index contributed by atoms with van der Waals surface area (Å²) in [6, 6.07) is 10.7. The molecule has 0 aliphatic carbocycles. The Labute approximate surface area is 85.9 Å². The summed E-state index contributed by atoms with van der Waals surface area (Å²) < 4.78 is 0. The molecule has 0 radical (unpaired) electrons. The third kappa shape index (κ3) is 1.59. The van der Waals surface area contributed by atoms with Crippen LogP contribution in [0.5, 0.6) is 0 Å². The van der Waals surface area contributed by atoms with Crippen molar-refractivity contribution in [2.24, 2.45) is 4.99 Å². The molecule has 1 aliphatic rings. The third-order valence-electron chi connectivity index (χ3n) is 3.03. The number of benzene rings is 1. The Bertz CT molecular complexity index is 349. The molecule has 0 saturated heterocycles. The van der Waals surface area contributed by atoms with E-state index in [2.05, 4.69) is 51.1 Å². The van der Waals surface area contributed by atoms with Crippen molar-refractivity contribution in [2.75, 3.05) is 0 Å². The van der Waals surface area contributed by atoms with Gasteiger partial charge in [-0.1, -0.05) is 30.3 Å². The predicted molar refractivity (Wildman–Crippen MR) is 61.0 cm³/mol. The number of aliphatic imine (C=N–C) groups is 1. The van der Waals surface area contributed by atoms with Gasteiger partial charge in [0.05, 0.1) is 5.54 Å². The van der Waals surface area contributed by atoms with Crippen molar-refractivity contribution < 1.29 is 0 Å². The lowest BCUT2D eigenvalue weighted by atomic mass is 9.82. The van der Waals surface area contributed by atoms with E-state index in [0.717, 1.165) is 6.42 Å². The van der Waals surface area contributed by atoms with Gasteiger partial charge < -0.3 is 0 Å². The summed E-state index contributed by atoms with van der Waals surface area (Å²) in [5, 5.41) is 0. The molecule has 0 fully saturated rings. The molecule has 74 valence electrons. The summed E-state index contributed by atoms with van der Waals surface area (Å²) in [5.41, 5.74) is 2.77. The van der Waals surface area contributed by atoms with Crippen LogP contribution in [0.3, 0.4) is 0 Å². The number of hydrogen-bond donors (Lipinski definition) is 0. The van der Waals surface area contributed by atoms with Crippen LogP contribution in [0.15, 0.2) is 35.3 Å². The minimum absolute atomic E-state index is 0.0748. The fourth-order valence-corrected chi connectivity index (χ4v) is 2.37. The Kier molecular flexibility index (Phi) is 2.18. The molecule has 2 rings (SSSR count). The molecule has 0 aromatic heterocycles. The van der Waals surface area contributed by atoms with Gasteiger partial charge >= 0.3 is 0 Å². The van der Waals surface area contributed by atoms with Gasteiger partial charge in [0.2, 0.25) is 0 Å². The average Bonchev–Trinajstić information content (AvgIpc) is 2.41. The summed E-state index contributed by atoms with van der Waals surface area (Å²) in [7, 11) is 0. The van der Waals surface area contributed by atoms with Crippen LogP contribution in [-0.2, 0) is 0 Å². The first kappa shape index (κ1) is 9.45. The smallest absolute Gasteiger partial charge is 0.0623 e. The van der Waals surface area contributed by atoms with Crippen molar-refractivity contribution in [2.45, 2.75) is 38.6 Å². The molecular formula is C13H17N. The second kappa shape index (κ2) is 3.23. The van der Waals surface area contributed by atoms with E-state index < -0.39 is 0 Å². The van der Waals surface area contributed by atoms with Gasteiger partial charge in [0.1, 0.15) is 0 Å². The Hall–Kier alpha value is -1.11. The van der Waals surface area contributed by atoms with Crippen LogP contribution in [0.2, 0.25) is 0 Å². The average molecular weight is 187 g/mol. The maximum Gasteiger partial charge on any atom is 0.0623 e. The normalized spacial score (nSPS) is 24.8. The quantitative estimate of drug-likeness (QED) is 0.639. The summed E-state index contributed by atoms with van der Waals surface area (Å²) in [6.45, 7) is 6.58. The highest BCUT2D eigenvalue weighted by Gasteiger charge is 2.35. The Morgan fingerprint density at radius 2 is 1.86 bits per heavy atom. The Morgan fingerprint density at radius 1 is 1.21 bits per heavy atom. The highest BCUT2D eigenvalue weighted by atomic mass is 14.9. The fourth-order valence-electron chi connectivity index (χ4n) is 2.37. The summed E-state index contributed by atoms with van der Waals surface area (Å²) in [4.78, 5) is 4.70. The van der Waals surface area contributed by atoms with E-state index in [9.17, 15) is 0 Å². The number of rotatable bonds is 1. The zero-order valence-electron chi connectivity index (χ0n) is 9.12. The fraction of sp³-hybridized carbons (Fsp3) is 0.462. The van der Waals surface area contributed by atoms with E-state index in [-0.39, 0.29) is 5.54 Å². The first-order valence-corrected chi connectivity index (χ1v) is 5.20. The molecule has 1 heteroatoms. The molecule has 1 atom stereocenters. The van der Waals surface area contributed by atoms with Crippen molar-refractivity contribution in [3.05, 3.63) is 35.9 Å². The van der Waals surface area contributed by atoms with Crippen LogP contribution in [0.4, 0.5) is 0 Å². The minimum atomic E-state index is 0.0748. The molecular weight excluding hydrogens is 170 g/mol. The van der Waals surface area contributed by atoms with Gasteiger partial charge in [-0.05, 0) is 32.8 Å². The lowest BCUT2D eigenvalue weighted by Gasteiger charge is -2.24. The molecule has 0 N–H and O–H groups in total. The highest BCUT2D eigenvalue weighted by Crippen LogP contribution is 2.39. The maximum absolute atomic E-state index is 4.70. The Morgan fingerprint density at radius 3 is 2.36 bits per heavy atom. The molecule has 0 saturated carbocycles. The van der Waals surface area contributed by atoms with E-state index in [0.29, 0.717) is 5.92 Å². The standard InChI is InChI=1S/C13H17N/c1-10-9-12(13(2,3)14-10)11-7-5-4-6-8-11/h4-8,12H,9H2,1-3H3. The second-order valence-electron chi connectivity index (χ2n) is 4.67. The molecule has 1 aromatic rings. The first-order valence-electron chi connectivity index (χ1n) is 5.20. The van der Waals surface area contributed by atoms with Gasteiger partial charge in [-0.3, -0.25) is 4.99 Å². The number of nitrogens with zero attached hydrogens (tertiary/aromatic N) is 1. The topological polar surface area (TPSA) is 12.4 Å². The molecule has 0 spiro atoms. The number of hydrogen-bond acceptors (Lipinski definition) is 1. The third-order valence-corrected chi connectivity index (χ3v) is 3.03. The summed E-state index contributed by atoms with van der Waals surface area (Å²) in [5.74, 6) is 0.559.